The molecule has 0 saturated carbocycles. The zero-order chi connectivity index (χ0) is 20.3. The fraction of sp³-hybridized carbons (Fsp3) is 0.389. The molecule has 2 aromatic rings. The Labute approximate surface area is 188 Å². The minimum Gasteiger partial charge on any atom is -0.505 e. The van der Waals surface area contributed by atoms with E-state index in [4.69, 9.17) is 4.55 Å². The number of amides is 1. The third kappa shape index (κ3) is 9.51. The van der Waals surface area contributed by atoms with Crippen LogP contribution < -0.4 is 0 Å². The first-order valence-corrected chi connectivity index (χ1v) is 9.34. The van der Waals surface area contributed by atoms with E-state index in [0.717, 1.165) is 16.3 Å². The van der Waals surface area contributed by atoms with Gasteiger partial charge in [0, 0.05) is 59.2 Å². The van der Waals surface area contributed by atoms with Crippen LogP contribution in [0.3, 0.4) is 0 Å². The number of nitrogens with zero attached hydrogens (tertiary/aromatic N) is 3. The summed E-state index contributed by atoms with van der Waals surface area (Å²) in [7, 11) is 4.67. The van der Waals surface area contributed by atoms with Gasteiger partial charge in [-0.1, -0.05) is 38.1 Å². The van der Waals surface area contributed by atoms with Gasteiger partial charge in [0.15, 0.2) is 16.8 Å². The van der Waals surface area contributed by atoms with E-state index in [1.807, 2.05) is 51.1 Å². The molecular formula is C18H27N3O4SY. The fourth-order valence-corrected chi connectivity index (χ4v) is 2.38. The van der Waals surface area contributed by atoms with Crippen LogP contribution >= 0.6 is 0 Å². The van der Waals surface area contributed by atoms with Gasteiger partial charge in [0.2, 0.25) is 5.91 Å². The van der Waals surface area contributed by atoms with Crippen LogP contribution in [0.4, 0.5) is 5.69 Å². The maximum atomic E-state index is 10.5. The Hall–Kier alpha value is -1.22. The number of hydrogen-bond acceptors (Lipinski definition) is 5. The molecule has 2 aromatic carbocycles. The zero-order valence-corrected chi connectivity index (χ0v) is 20.3. The molecule has 0 bridgehead atoms. The molecule has 0 saturated heterocycles. The maximum absolute atomic E-state index is 10.5. The average molecular weight is 470 g/mol. The van der Waals surface area contributed by atoms with Crippen molar-refractivity contribution >= 4 is 33.4 Å². The Morgan fingerprint density at radius 2 is 1.78 bits per heavy atom. The van der Waals surface area contributed by atoms with Crippen molar-refractivity contribution in [1.82, 2.24) is 4.90 Å². The van der Waals surface area contributed by atoms with Crippen LogP contribution in [0.5, 0.6) is 5.75 Å². The van der Waals surface area contributed by atoms with Crippen LogP contribution in [0.2, 0.25) is 0 Å². The number of aryl methyl sites for hydroxylation is 1. The average Bonchev–Trinajstić information content (AvgIpc) is 2.60. The maximum Gasteiger partial charge on any atom is 0.237 e. The van der Waals surface area contributed by atoms with Crippen molar-refractivity contribution in [3.8, 4) is 5.75 Å². The molecule has 1 atom stereocenters. The molecule has 1 radical (unpaired) electrons. The summed E-state index contributed by atoms with van der Waals surface area (Å²) in [4.78, 5) is 11.8. The van der Waals surface area contributed by atoms with Crippen molar-refractivity contribution in [2.45, 2.75) is 20.8 Å². The third-order valence-electron chi connectivity index (χ3n) is 3.13. The van der Waals surface area contributed by atoms with E-state index in [2.05, 4.69) is 10.2 Å². The summed E-state index contributed by atoms with van der Waals surface area (Å²) in [6.07, 6.45) is 0. The van der Waals surface area contributed by atoms with Gasteiger partial charge < -0.3 is 14.6 Å². The third-order valence-corrected chi connectivity index (χ3v) is 3.63. The van der Waals surface area contributed by atoms with Gasteiger partial charge in [-0.2, -0.15) is 10.2 Å². The Balaban J connectivity index is 0. The molecule has 0 heterocycles. The summed E-state index contributed by atoms with van der Waals surface area (Å²) < 4.78 is 18.2. The number of carbonyl (C=O) groups is 1. The van der Waals surface area contributed by atoms with Crippen molar-refractivity contribution in [3.05, 3.63) is 35.9 Å². The molecular weight excluding hydrogens is 443 g/mol. The van der Waals surface area contributed by atoms with Gasteiger partial charge in [-0.15, -0.1) is 0 Å². The van der Waals surface area contributed by atoms with Crippen LogP contribution in [0.15, 0.2) is 40.6 Å². The molecule has 0 fully saturated rings. The van der Waals surface area contributed by atoms with Gasteiger partial charge in [0.05, 0.1) is 0 Å². The number of fused-ring (bicyclic) bond motifs is 1. The van der Waals surface area contributed by atoms with Gasteiger partial charge >= 0.3 is 0 Å². The first-order valence-electron chi connectivity index (χ1n) is 8.06. The second kappa shape index (κ2) is 14.8. The number of phenolic OH excluding ortho intramolecular Hbond substituents is 1. The molecule has 0 aliphatic heterocycles. The molecule has 27 heavy (non-hydrogen) atoms. The molecule has 7 nitrogen and oxygen atoms in total. The van der Waals surface area contributed by atoms with Crippen LogP contribution in [-0.4, -0.2) is 51.6 Å². The van der Waals surface area contributed by atoms with Crippen molar-refractivity contribution in [3.63, 3.8) is 0 Å². The molecule has 0 aliphatic carbocycles. The van der Waals surface area contributed by atoms with Crippen LogP contribution in [0.1, 0.15) is 19.4 Å². The minimum atomic E-state index is -2.01. The van der Waals surface area contributed by atoms with E-state index >= 15 is 0 Å². The van der Waals surface area contributed by atoms with Crippen molar-refractivity contribution in [2.24, 2.45) is 10.2 Å². The van der Waals surface area contributed by atoms with Crippen molar-refractivity contribution in [1.29, 1.82) is 0 Å². The number of rotatable bonds is 3. The molecule has 2 rings (SSSR count). The van der Waals surface area contributed by atoms with Gasteiger partial charge in [-0.25, -0.2) is 4.21 Å². The number of benzene rings is 2. The minimum absolute atomic E-state index is 0. The monoisotopic (exact) mass is 470 g/mol. The standard InChI is InChI=1S/C12H12N2O.C4H9NO3S.C2H6.Y/c1-8-7-9-5-3-4-6-10(9)12(15)11(8)14-13-2;1-5(2)4(6)3-9(7)8;1-2;/h3-7,15H,1-2H3;3H2,1-2H3,(H,7,8);1-2H3;. The summed E-state index contributed by atoms with van der Waals surface area (Å²) in [5, 5.41) is 19.5. The molecule has 1 amide bonds. The summed E-state index contributed by atoms with van der Waals surface area (Å²) in [5.41, 5.74) is 1.48. The largest absolute Gasteiger partial charge is 0.505 e. The number of hydrogen-bond donors (Lipinski definition) is 2. The zero-order valence-electron chi connectivity index (χ0n) is 16.6. The molecule has 1 unspecified atom stereocenters. The van der Waals surface area contributed by atoms with Gasteiger partial charge in [0.25, 0.3) is 0 Å². The van der Waals surface area contributed by atoms with E-state index in [1.165, 1.54) is 19.0 Å². The molecule has 0 spiro atoms. The second-order valence-corrected chi connectivity index (χ2v) is 6.10. The fourth-order valence-electron chi connectivity index (χ4n) is 1.92. The predicted octanol–water partition coefficient (Wildman–Crippen LogP) is 3.89. The molecule has 0 aliphatic rings. The molecule has 0 aromatic heterocycles. The van der Waals surface area contributed by atoms with E-state index in [9.17, 15) is 14.1 Å². The number of carbonyl (C=O) groups excluding carboxylic acids is 1. The summed E-state index contributed by atoms with van der Waals surface area (Å²) in [6.45, 7) is 5.91. The molecule has 2 N–H and O–H groups in total. The quantitative estimate of drug-likeness (QED) is 0.525. The summed E-state index contributed by atoms with van der Waals surface area (Å²) in [6, 6.07) is 9.68. The first kappa shape index (κ1) is 28.0. The second-order valence-electron chi connectivity index (χ2n) is 5.17. The Morgan fingerprint density at radius 1 is 1.22 bits per heavy atom. The summed E-state index contributed by atoms with van der Waals surface area (Å²) in [5.74, 6) is -0.445. The van der Waals surface area contributed by atoms with Crippen LogP contribution in [-0.2, 0) is 48.6 Å². The van der Waals surface area contributed by atoms with Gasteiger partial charge in [-0.3, -0.25) is 4.79 Å². The molecule has 147 valence electrons. The van der Waals surface area contributed by atoms with E-state index in [0.29, 0.717) is 5.69 Å². The van der Waals surface area contributed by atoms with Crippen LogP contribution in [0.25, 0.3) is 10.8 Å². The van der Waals surface area contributed by atoms with E-state index in [1.54, 1.807) is 7.05 Å². The Kier molecular flexibility index (Phi) is 15.3. The summed E-state index contributed by atoms with van der Waals surface area (Å²) >= 11 is -2.01. The van der Waals surface area contributed by atoms with E-state index in [-0.39, 0.29) is 50.1 Å². The number of phenols is 1. The topological polar surface area (TPSA) is 103 Å². The SMILES string of the molecule is CC.CN(C)C(=O)CS(=O)O.CN=Nc1c(C)cc2ccccc2c1O.[Y]. The first-order chi connectivity index (χ1) is 12.3. The van der Waals surface area contributed by atoms with E-state index < -0.39 is 11.1 Å². The smallest absolute Gasteiger partial charge is 0.237 e. The van der Waals surface area contributed by atoms with Crippen molar-refractivity contribution in [2.75, 3.05) is 26.9 Å². The van der Waals surface area contributed by atoms with Gasteiger partial charge in [-0.05, 0) is 23.9 Å². The Bertz CT molecular complexity index is 783. The number of aromatic hydroxyl groups is 1. The van der Waals surface area contributed by atoms with Gasteiger partial charge in [0.1, 0.15) is 11.4 Å². The number of azo groups is 1. The normalized spacial score (nSPS) is 10.8. The predicted molar refractivity (Wildman–Crippen MR) is 106 cm³/mol. The van der Waals surface area contributed by atoms with Crippen LogP contribution in [0, 0.1) is 6.92 Å². The molecule has 9 heteroatoms. The van der Waals surface area contributed by atoms with Crippen molar-refractivity contribution < 1.29 is 51.4 Å². The Morgan fingerprint density at radius 3 is 2.22 bits per heavy atom.